The van der Waals surface area contributed by atoms with E-state index < -0.39 is 26.1 Å². The number of para-hydroxylation sites is 1. The van der Waals surface area contributed by atoms with Crippen molar-refractivity contribution in [3.8, 4) is 0 Å². The molecule has 2 amide bonds. The third-order valence-corrected chi connectivity index (χ3v) is 13.1. The molecule has 0 bridgehead atoms. The normalized spacial score (nSPS) is 16.4. The Morgan fingerprint density at radius 1 is 1.12 bits per heavy atom. The number of hydrogen-bond acceptors (Lipinski definition) is 4. The zero-order valence-electron chi connectivity index (χ0n) is 21.3. The summed E-state index contributed by atoms with van der Waals surface area (Å²) in [6.45, 7) is 19.1. The van der Waals surface area contributed by atoms with Crippen LogP contribution >= 0.6 is 22.6 Å². The summed E-state index contributed by atoms with van der Waals surface area (Å²) in [5.41, 5.74) is 2.78. The Balaban J connectivity index is 2.41. The maximum atomic E-state index is 12.8. The first-order valence-electron chi connectivity index (χ1n) is 11.6. The van der Waals surface area contributed by atoms with Crippen LogP contribution in [0, 0.1) is 3.57 Å². The van der Waals surface area contributed by atoms with Crippen LogP contribution in [0.2, 0.25) is 16.6 Å². The molecule has 0 spiro atoms. The number of anilines is 1. The first kappa shape index (κ1) is 27.8. The molecule has 0 aliphatic carbocycles. The molecule has 6 nitrogen and oxygen atoms in total. The average Bonchev–Trinajstić information content (AvgIpc) is 2.96. The summed E-state index contributed by atoms with van der Waals surface area (Å²) >= 11 is 2.21. The van der Waals surface area contributed by atoms with Gasteiger partial charge in [-0.2, -0.15) is 0 Å². The van der Waals surface area contributed by atoms with E-state index in [1.165, 1.54) is 0 Å². The largest absolute Gasteiger partial charge is 0.444 e. The highest BCUT2D eigenvalue weighted by Crippen LogP contribution is 2.42. The SMILES string of the molecule is CC(C)[Si](OC[C@H](/C=C1/C(=O)Nc2c(I)cccc21)NC(=O)OC(C)(C)C)(C(C)C)C(C)C. The van der Waals surface area contributed by atoms with Crippen molar-refractivity contribution in [2.24, 2.45) is 0 Å². The van der Waals surface area contributed by atoms with Gasteiger partial charge in [0.05, 0.1) is 18.3 Å². The van der Waals surface area contributed by atoms with E-state index in [0.29, 0.717) is 22.2 Å². The Kier molecular flexibility index (Phi) is 9.20. The van der Waals surface area contributed by atoms with Gasteiger partial charge in [-0.15, -0.1) is 0 Å². The fourth-order valence-electron chi connectivity index (χ4n) is 4.87. The second-order valence-electron chi connectivity index (χ2n) is 10.6. The molecule has 0 unspecified atom stereocenters. The van der Waals surface area contributed by atoms with Gasteiger partial charge in [-0.25, -0.2) is 4.79 Å². The number of halogens is 1. The highest BCUT2D eigenvalue weighted by molar-refractivity contribution is 14.1. The second-order valence-corrected chi connectivity index (χ2v) is 17.2. The minimum atomic E-state index is -2.16. The lowest BCUT2D eigenvalue weighted by molar-refractivity contribution is -0.110. The van der Waals surface area contributed by atoms with Gasteiger partial charge < -0.3 is 19.8 Å². The number of hydrogen-bond donors (Lipinski definition) is 2. The molecule has 1 aliphatic rings. The minimum Gasteiger partial charge on any atom is -0.444 e. The van der Waals surface area contributed by atoms with Gasteiger partial charge in [0.15, 0.2) is 8.32 Å². The van der Waals surface area contributed by atoms with Crippen molar-refractivity contribution >= 4 is 54.2 Å². The van der Waals surface area contributed by atoms with Crippen molar-refractivity contribution in [1.29, 1.82) is 0 Å². The van der Waals surface area contributed by atoms with E-state index in [-0.39, 0.29) is 12.5 Å². The van der Waals surface area contributed by atoms with E-state index in [9.17, 15) is 9.59 Å². The van der Waals surface area contributed by atoms with Crippen molar-refractivity contribution in [1.82, 2.24) is 5.32 Å². The predicted octanol–water partition coefficient (Wildman–Crippen LogP) is 6.71. The fraction of sp³-hybridized carbons (Fsp3) is 0.600. The van der Waals surface area contributed by atoms with Crippen molar-refractivity contribution in [3.05, 3.63) is 33.4 Å². The summed E-state index contributed by atoms with van der Waals surface area (Å²) in [6, 6.07) is 5.29. The Hall–Kier alpha value is -1.39. The summed E-state index contributed by atoms with van der Waals surface area (Å²) in [5, 5.41) is 5.88. The minimum absolute atomic E-state index is 0.176. The van der Waals surface area contributed by atoms with E-state index in [1.54, 1.807) is 6.08 Å². The maximum absolute atomic E-state index is 12.8. The van der Waals surface area contributed by atoms with Gasteiger partial charge in [-0.3, -0.25) is 4.79 Å². The molecule has 1 aliphatic heterocycles. The Labute approximate surface area is 213 Å². The van der Waals surface area contributed by atoms with Gasteiger partial charge in [-0.05, 0) is 72.1 Å². The molecule has 0 aromatic heterocycles. The molecule has 2 N–H and O–H groups in total. The summed E-state index contributed by atoms with van der Waals surface area (Å²) < 4.78 is 13.2. The van der Waals surface area contributed by atoms with Crippen molar-refractivity contribution < 1.29 is 18.8 Å². The molecule has 0 radical (unpaired) electrons. The van der Waals surface area contributed by atoms with E-state index in [2.05, 4.69) is 74.8 Å². The lowest BCUT2D eigenvalue weighted by Crippen LogP contribution is -2.51. The molecule has 1 aromatic rings. The van der Waals surface area contributed by atoms with E-state index in [1.807, 2.05) is 39.0 Å². The van der Waals surface area contributed by atoms with Crippen LogP contribution in [0.25, 0.3) is 5.57 Å². The van der Waals surface area contributed by atoms with Crippen LogP contribution in [-0.4, -0.2) is 38.6 Å². The Morgan fingerprint density at radius 2 is 1.70 bits per heavy atom. The van der Waals surface area contributed by atoms with Gasteiger partial charge >= 0.3 is 6.09 Å². The molecule has 33 heavy (non-hydrogen) atoms. The first-order valence-corrected chi connectivity index (χ1v) is 14.9. The topological polar surface area (TPSA) is 76.7 Å². The number of amides is 2. The van der Waals surface area contributed by atoms with Gasteiger partial charge in [0.2, 0.25) is 0 Å². The number of carbonyl (C=O) groups excluding carboxylic acids is 2. The van der Waals surface area contributed by atoms with E-state index in [0.717, 1.165) is 14.8 Å². The highest BCUT2D eigenvalue weighted by Gasteiger charge is 2.45. The monoisotopic (exact) mass is 586 g/mol. The number of alkyl carbamates (subject to hydrolysis) is 1. The Bertz CT molecular complexity index is 884. The van der Waals surface area contributed by atoms with Crippen LogP contribution < -0.4 is 10.6 Å². The van der Waals surface area contributed by atoms with Gasteiger partial charge in [-0.1, -0.05) is 53.7 Å². The van der Waals surface area contributed by atoms with Crippen LogP contribution in [0.1, 0.15) is 67.9 Å². The molecular weight excluding hydrogens is 547 g/mol. The first-order chi connectivity index (χ1) is 15.2. The summed E-state index contributed by atoms with van der Waals surface area (Å²) in [4.78, 5) is 25.4. The quantitative estimate of drug-likeness (QED) is 0.202. The predicted molar refractivity (Wildman–Crippen MR) is 146 cm³/mol. The summed E-state index contributed by atoms with van der Waals surface area (Å²) in [6.07, 6.45) is 1.28. The third-order valence-electron chi connectivity index (χ3n) is 6.08. The molecular formula is C25H39IN2O4Si. The zero-order chi connectivity index (χ0) is 25.1. The smallest absolute Gasteiger partial charge is 0.408 e. The number of benzene rings is 1. The van der Waals surface area contributed by atoms with Crippen molar-refractivity contribution in [2.75, 3.05) is 11.9 Å². The molecule has 8 heteroatoms. The standard InChI is InChI=1S/C25H39IN2O4Si/c1-15(2)33(16(3)4,17(5)6)31-14-18(27-24(30)32-25(7,8)9)13-20-19-11-10-12-21(26)22(19)28-23(20)29/h10-13,15-18H,14H2,1-9H3,(H,27,30)(H,28,29)/b20-13+/t18-/m0/s1. The van der Waals surface area contributed by atoms with Gasteiger partial charge in [0, 0.05) is 14.7 Å². The molecule has 1 aromatic carbocycles. The van der Waals surface area contributed by atoms with E-state index >= 15 is 0 Å². The van der Waals surface area contributed by atoms with Crippen LogP contribution in [0.5, 0.6) is 0 Å². The number of carbonyl (C=O) groups is 2. The van der Waals surface area contributed by atoms with Crippen LogP contribution in [0.15, 0.2) is 24.3 Å². The lowest BCUT2D eigenvalue weighted by Gasteiger charge is -2.42. The van der Waals surface area contributed by atoms with Gasteiger partial charge in [0.25, 0.3) is 5.91 Å². The van der Waals surface area contributed by atoms with Crippen LogP contribution in [0.4, 0.5) is 10.5 Å². The lowest BCUT2D eigenvalue weighted by atomic mass is 10.0. The second kappa shape index (κ2) is 10.9. The van der Waals surface area contributed by atoms with Crippen LogP contribution in [0.3, 0.4) is 0 Å². The molecule has 1 heterocycles. The number of fused-ring (bicyclic) bond motifs is 1. The van der Waals surface area contributed by atoms with Crippen molar-refractivity contribution in [2.45, 2.75) is 90.6 Å². The summed E-state index contributed by atoms with van der Waals surface area (Å²) in [5.74, 6) is -0.176. The number of rotatable bonds is 8. The third kappa shape index (κ3) is 6.60. The molecule has 0 saturated heterocycles. The number of ether oxygens (including phenoxy) is 1. The molecule has 1 atom stereocenters. The summed E-state index contributed by atoms with van der Waals surface area (Å²) in [7, 11) is -2.16. The number of nitrogens with one attached hydrogen (secondary N) is 2. The van der Waals surface area contributed by atoms with E-state index in [4.69, 9.17) is 9.16 Å². The highest BCUT2D eigenvalue weighted by atomic mass is 127. The molecule has 2 rings (SSSR count). The van der Waals surface area contributed by atoms with Crippen LogP contribution in [-0.2, 0) is 14.0 Å². The molecule has 0 fully saturated rings. The molecule has 184 valence electrons. The zero-order valence-corrected chi connectivity index (χ0v) is 24.5. The van der Waals surface area contributed by atoms with Crippen molar-refractivity contribution in [3.63, 3.8) is 0 Å². The molecule has 0 saturated carbocycles. The Morgan fingerprint density at radius 3 is 2.21 bits per heavy atom. The average molecular weight is 587 g/mol. The maximum Gasteiger partial charge on any atom is 0.408 e. The van der Waals surface area contributed by atoms with Gasteiger partial charge in [0.1, 0.15) is 5.60 Å². The fourth-order valence-corrected chi connectivity index (χ4v) is 11.0.